The number of para-hydroxylation sites is 2. The predicted molar refractivity (Wildman–Crippen MR) is 227 cm³/mol. The predicted octanol–water partition coefficient (Wildman–Crippen LogP) is 13.4. The molecule has 9 aromatic rings. The Hall–Kier alpha value is -6.95. The van der Waals surface area contributed by atoms with Gasteiger partial charge in [-0.15, -0.1) is 0 Å². The van der Waals surface area contributed by atoms with Crippen molar-refractivity contribution in [3.63, 3.8) is 0 Å². The van der Waals surface area contributed by atoms with Crippen LogP contribution in [0.25, 0.3) is 43.8 Å². The molecule has 5 heteroatoms. The lowest BCUT2D eigenvalue weighted by Gasteiger charge is -2.33. The van der Waals surface area contributed by atoms with Gasteiger partial charge in [0.05, 0.1) is 21.2 Å². The van der Waals surface area contributed by atoms with Gasteiger partial charge in [-0.05, 0) is 117 Å². The molecule has 0 aromatic heterocycles. The maximum absolute atomic E-state index is 13.6. The monoisotopic (exact) mass is 726 g/mol. The van der Waals surface area contributed by atoms with Crippen molar-refractivity contribution < 1.29 is 8.42 Å². The first-order valence-electron chi connectivity index (χ1n) is 18.3. The van der Waals surface area contributed by atoms with Crippen molar-refractivity contribution >= 4 is 65.5 Å². The molecular weight excluding hydrogens is 693 g/mol. The SMILES string of the molecule is O=S1(=O)c2ccccc2N(c2cccc(-c3ccc(N(c4ccc(-c5ccccc5)cc4)c4ccc5c(ccc6ccccc65)c4)cc3)c2)c2ccccc21. The third-order valence-corrected chi connectivity index (χ3v) is 12.4. The minimum absolute atomic E-state index is 0.308. The first-order valence-corrected chi connectivity index (χ1v) is 19.8. The first kappa shape index (κ1) is 32.7. The van der Waals surface area contributed by atoms with Gasteiger partial charge in [0.2, 0.25) is 9.84 Å². The van der Waals surface area contributed by atoms with E-state index in [1.165, 1.54) is 32.7 Å². The summed E-state index contributed by atoms with van der Waals surface area (Å²) >= 11 is 0. The second-order valence-electron chi connectivity index (χ2n) is 13.8. The standard InChI is InChI=1S/C50H34N2O2S/c53-55(54)49-19-8-6-17-47(49)52(48-18-7-9-20-50(48)55)43-15-10-14-39(33-43)37-25-29-42(30-26-37)51(41-27-23-36(24-28-41)35-11-2-1-3-12-35)44-31-32-46-40(34-44)22-21-38-13-4-5-16-45(38)46/h1-34H. The number of hydrogen-bond donors (Lipinski definition) is 0. The van der Waals surface area contributed by atoms with Crippen LogP contribution in [0.3, 0.4) is 0 Å². The maximum atomic E-state index is 13.6. The summed E-state index contributed by atoms with van der Waals surface area (Å²) in [5.74, 6) is 0. The Bertz CT molecular complexity index is 2940. The fourth-order valence-corrected chi connectivity index (χ4v) is 9.53. The molecule has 9 aromatic carbocycles. The number of nitrogens with zero attached hydrogens (tertiary/aromatic N) is 2. The van der Waals surface area contributed by atoms with Crippen LogP contribution in [0.15, 0.2) is 216 Å². The van der Waals surface area contributed by atoms with Crippen molar-refractivity contribution in [2.24, 2.45) is 0 Å². The molecule has 1 aliphatic heterocycles. The minimum atomic E-state index is -3.65. The van der Waals surface area contributed by atoms with Crippen LogP contribution in [0.2, 0.25) is 0 Å². The van der Waals surface area contributed by atoms with Crippen molar-refractivity contribution in [1.82, 2.24) is 0 Å². The smallest absolute Gasteiger partial charge is 0.210 e. The topological polar surface area (TPSA) is 40.6 Å². The normalized spacial score (nSPS) is 13.0. The summed E-state index contributed by atoms with van der Waals surface area (Å²) in [4.78, 5) is 4.98. The highest BCUT2D eigenvalue weighted by Gasteiger charge is 2.34. The number of rotatable bonds is 6. The lowest BCUT2D eigenvalue weighted by Crippen LogP contribution is -2.22. The van der Waals surface area contributed by atoms with E-state index in [0.29, 0.717) is 21.2 Å². The van der Waals surface area contributed by atoms with E-state index < -0.39 is 9.84 Å². The van der Waals surface area contributed by atoms with Crippen LogP contribution in [0.4, 0.5) is 34.1 Å². The number of anilines is 6. The van der Waals surface area contributed by atoms with E-state index in [2.05, 4.69) is 144 Å². The Balaban J connectivity index is 1.05. The molecule has 0 atom stereocenters. The van der Waals surface area contributed by atoms with Crippen LogP contribution < -0.4 is 9.80 Å². The van der Waals surface area contributed by atoms with Crippen molar-refractivity contribution in [3.05, 3.63) is 206 Å². The summed E-state index contributed by atoms with van der Waals surface area (Å²) in [7, 11) is -3.65. The molecule has 0 saturated carbocycles. The highest BCUT2D eigenvalue weighted by molar-refractivity contribution is 7.92. The van der Waals surface area contributed by atoms with Crippen LogP contribution >= 0.6 is 0 Å². The van der Waals surface area contributed by atoms with E-state index in [0.717, 1.165) is 33.9 Å². The van der Waals surface area contributed by atoms with Gasteiger partial charge in [0.15, 0.2) is 0 Å². The Labute approximate surface area is 320 Å². The number of sulfone groups is 1. The molecule has 0 fully saturated rings. The van der Waals surface area contributed by atoms with E-state index in [1.807, 2.05) is 47.4 Å². The quantitative estimate of drug-likeness (QED) is 0.160. The van der Waals surface area contributed by atoms with Gasteiger partial charge < -0.3 is 9.80 Å². The van der Waals surface area contributed by atoms with E-state index >= 15 is 0 Å². The molecule has 0 aliphatic carbocycles. The highest BCUT2D eigenvalue weighted by atomic mass is 32.2. The Morgan fingerprint density at radius 1 is 0.364 bits per heavy atom. The van der Waals surface area contributed by atoms with E-state index in [1.54, 1.807) is 24.3 Å². The van der Waals surface area contributed by atoms with Crippen LogP contribution in [0.1, 0.15) is 0 Å². The zero-order valence-electron chi connectivity index (χ0n) is 29.7. The van der Waals surface area contributed by atoms with Gasteiger partial charge in [0, 0.05) is 22.7 Å². The molecule has 0 N–H and O–H groups in total. The molecule has 0 amide bonds. The summed E-state index contributed by atoms with van der Waals surface area (Å²) in [5, 5.41) is 4.89. The fourth-order valence-electron chi connectivity index (χ4n) is 7.91. The van der Waals surface area contributed by atoms with Crippen molar-refractivity contribution in [3.8, 4) is 22.3 Å². The Morgan fingerprint density at radius 2 is 0.873 bits per heavy atom. The molecular formula is C50H34N2O2S. The number of fused-ring (bicyclic) bond motifs is 5. The molecule has 0 radical (unpaired) electrons. The van der Waals surface area contributed by atoms with Crippen LogP contribution in [0, 0.1) is 0 Å². The summed E-state index contributed by atoms with van der Waals surface area (Å²) in [5.41, 5.74) is 9.79. The first-order chi connectivity index (χ1) is 27.0. The summed E-state index contributed by atoms with van der Waals surface area (Å²) in [6, 6.07) is 70.3. The van der Waals surface area contributed by atoms with Gasteiger partial charge in [0.25, 0.3) is 0 Å². The van der Waals surface area contributed by atoms with Crippen molar-refractivity contribution in [2.75, 3.05) is 9.80 Å². The maximum Gasteiger partial charge on any atom is 0.210 e. The molecule has 262 valence electrons. The molecule has 0 unspecified atom stereocenters. The van der Waals surface area contributed by atoms with Gasteiger partial charge in [-0.2, -0.15) is 0 Å². The summed E-state index contributed by atoms with van der Waals surface area (Å²) < 4.78 is 27.2. The van der Waals surface area contributed by atoms with E-state index in [9.17, 15) is 8.42 Å². The van der Waals surface area contributed by atoms with Crippen molar-refractivity contribution in [2.45, 2.75) is 9.79 Å². The molecule has 0 saturated heterocycles. The molecule has 10 rings (SSSR count). The van der Waals surface area contributed by atoms with Gasteiger partial charge in [-0.3, -0.25) is 0 Å². The molecule has 4 nitrogen and oxygen atoms in total. The zero-order valence-corrected chi connectivity index (χ0v) is 30.6. The van der Waals surface area contributed by atoms with Crippen LogP contribution in [-0.4, -0.2) is 8.42 Å². The van der Waals surface area contributed by atoms with Crippen LogP contribution in [0.5, 0.6) is 0 Å². The second kappa shape index (κ2) is 13.2. The average Bonchev–Trinajstić information content (AvgIpc) is 3.25. The highest BCUT2D eigenvalue weighted by Crippen LogP contribution is 2.48. The van der Waals surface area contributed by atoms with Crippen molar-refractivity contribution in [1.29, 1.82) is 0 Å². The minimum Gasteiger partial charge on any atom is -0.310 e. The molecule has 55 heavy (non-hydrogen) atoms. The Kier molecular flexibility index (Phi) is 7.82. The number of hydrogen-bond acceptors (Lipinski definition) is 4. The zero-order chi connectivity index (χ0) is 36.9. The fraction of sp³-hybridized carbons (Fsp3) is 0. The van der Waals surface area contributed by atoms with E-state index in [4.69, 9.17) is 0 Å². The Morgan fingerprint density at radius 3 is 1.56 bits per heavy atom. The van der Waals surface area contributed by atoms with Gasteiger partial charge in [-0.1, -0.05) is 133 Å². The van der Waals surface area contributed by atoms with Gasteiger partial charge in [-0.25, -0.2) is 8.42 Å². The third-order valence-electron chi connectivity index (χ3n) is 10.6. The summed E-state index contributed by atoms with van der Waals surface area (Å²) in [6.07, 6.45) is 0. The number of benzene rings is 9. The molecule has 1 aliphatic rings. The molecule has 1 heterocycles. The van der Waals surface area contributed by atoms with Gasteiger partial charge >= 0.3 is 0 Å². The van der Waals surface area contributed by atoms with Gasteiger partial charge in [0.1, 0.15) is 0 Å². The largest absolute Gasteiger partial charge is 0.310 e. The second-order valence-corrected chi connectivity index (χ2v) is 15.7. The van der Waals surface area contributed by atoms with E-state index in [-0.39, 0.29) is 0 Å². The lowest BCUT2D eigenvalue weighted by atomic mass is 10.0. The third kappa shape index (κ3) is 5.65. The van der Waals surface area contributed by atoms with Crippen LogP contribution in [-0.2, 0) is 9.84 Å². The lowest BCUT2D eigenvalue weighted by molar-refractivity contribution is 0.595. The average molecular weight is 727 g/mol. The molecule has 0 bridgehead atoms. The molecule has 0 spiro atoms. The summed E-state index contributed by atoms with van der Waals surface area (Å²) in [6.45, 7) is 0.